The number of nitrogens with zero attached hydrogens (tertiary/aromatic N) is 1. The lowest BCUT2D eigenvalue weighted by Gasteiger charge is -2.07. The van der Waals surface area contributed by atoms with E-state index in [1.807, 2.05) is 0 Å². The maximum atomic E-state index is 10.9. The molecule has 0 aromatic heterocycles. The van der Waals surface area contributed by atoms with Crippen LogP contribution >= 0.6 is 11.6 Å². The number of primary amides is 1. The third-order valence-electron chi connectivity index (χ3n) is 1.90. The molecule has 0 saturated heterocycles. The second-order valence-electron chi connectivity index (χ2n) is 3.00. The minimum atomic E-state index is -0.756. The molecule has 0 heterocycles. The van der Waals surface area contributed by atoms with Crippen molar-refractivity contribution >= 4 is 28.9 Å². The average molecular weight is 244 g/mol. The number of nitro benzene ring substituents is 1. The van der Waals surface area contributed by atoms with Gasteiger partial charge in [-0.05, 0) is 13.0 Å². The summed E-state index contributed by atoms with van der Waals surface area (Å²) >= 11 is 5.83. The Labute approximate surface area is 96.5 Å². The predicted molar refractivity (Wildman–Crippen MR) is 60.8 cm³/mol. The molecule has 0 aliphatic heterocycles. The Morgan fingerprint density at radius 3 is 2.69 bits per heavy atom. The van der Waals surface area contributed by atoms with Crippen LogP contribution < -0.4 is 11.1 Å². The van der Waals surface area contributed by atoms with Crippen molar-refractivity contribution in [2.24, 2.45) is 5.73 Å². The zero-order valence-corrected chi connectivity index (χ0v) is 9.25. The van der Waals surface area contributed by atoms with Gasteiger partial charge >= 0.3 is 0 Å². The molecule has 0 atom stereocenters. The second kappa shape index (κ2) is 4.80. The fourth-order valence-corrected chi connectivity index (χ4v) is 1.51. The van der Waals surface area contributed by atoms with Gasteiger partial charge < -0.3 is 11.1 Å². The fourth-order valence-electron chi connectivity index (χ4n) is 1.23. The Kier molecular flexibility index (Phi) is 3.68. The highest BCUT2D eigenvalue weighted by molar-refractivity contribution is 6.34. The van der Waals surface area contributed by atoms with E-state index in [1.54, 1.807) is 6.92 Å². The van der Waals surface area contributed by atoms with Gasteiger partial charge in [0.25, 0.3) is 5.69 Å². The molecule has 86 valence electrons. The van der Waals surface area contributed by atoms with Gasteiger partial charge in [0.15, 0.2) is 0 Å². The van der Waals surface area contributed by atoms with Gasteiger partial charge in [-0.1, -0.05) is 11.6 Å². The fraction of sp³-hybridized carbons (Fsp3) is 0.222. The van der Waals surface area contributed by atoms with E-state index in [2.05, 4.69) is 5.32 Å². The van der Waals surface area contributed by atoms with Crippen LogP contribution in [0.25, 0.3) is 0 Å². The Hall–Kier alpha value is -1.82. The molecule has 1 aromatic rings. The molecule has 6 nitrogen and oxygen atoms in total. The third-order valence-corrected chi connectivity index (χ3v) is 2.20. The molecule has 1 amide bonds. The summed E-state index contributed by atoms with van der Waals surface area (Å²) < 4.78 is 0. The van der Waals surface area contributed by atoms with Gasteiger partial charge in [0.2, 0.25) is 5.91 Å². The zero-order chi connectivity index (χ0) is 12.3. The van der Waals surface area contributed by atoms with Gasteiger partial charge in [0.1, 0.15) is 5.69 Å². The van der Waals surface area contributed by atoms with Gasteiger partial charge in [0, 0.05) is 18.2 Å². The summed E-state index contributed by atoms with van der Waals surface area (Å²) in [5, 5.41) is 13.6. The van der Waals surface area contributed by atoms with Crippen molar-refractivity contribution in [2.45, 2.75) is 6.92 Å². The number of benzene rings is 1. The van der Waals surface area contributed by atoms with Gasteiger partial charge in [0.05, 0.1) is 9.95 Å². The Bertz CT molecular complexity index is 448. The van der Waals surface area contributed by atoms with Gasteiger partial charge in [-0.2, -0.15) is 0 Å². The molecule has 0 aliphatic carbocycles. The van der Waals surface area contributed by atoms with Crippen molar-refractivity contribution in [3.8, 4) is 0 Å². The molecular weight excluding hydrogens is 234 g/mol. The number of hydrogen-bond acceptors (Lipinski definition) is 4. The lowest BCUT2D eigenvalue weighted by Crippen LogP contribution is -2.12. The normalized spacial score (nSPS) is 9.88. The monoisotopic (exact) mass is 243 g/mol. The molecule has 0 aliphatic rings. The van der Waals surface area contributed by atoms with E-state index in [1.165, 1.54) is 6.07 Å². The Morgan fingerprint density at radius 2 is 2.25 bits per heavy atom. The van der Waals surface area contributed by atoms with Crippen molar-refractivity contribution in [3.05, 3.63) is 32.8 Å². The number of rotatable bonds is 4. The van der Waals surface area contributed by atoms with Crippen molar-refractivity contribution in [1.29, 1.82) is 0 Å². The van der Waals surface area contributed by atoms with Crippen molar-refractivity contribution < 1.29 is 9.72 Å². The molecule has 3 N–H and O–H groups in total. The highest BCUT2D eigenvalue weighted by Gasteiger charge is 2.19. The molecular formula is C9H10ClN3O3. The Balaban J connectivity index is 3.39. The largest absolute Gasteiger partial charge is 0.379 e. The highest BCUT2D eigenvalue weighted by atomic mass is 35.5. The number of amides is 1. The first-order valence-corrected chi connectivity index (χ1v) is 4.86. The maximum absolute atomic E-state index is 10.9. The summed E-state index contributed by atoms with van der Waals surface area (Å²) in [6.07, 6.45) is 0. The number of anilines is 1. The minimum absolute atomic E-state index is 0.0124. The van der Waals surface area contributed by atoms with Gasteiger partial charge in [-0.3, -0.25) is 14.9 Å². The van der Waals surface area contributed by atoms with Crippen molar-refractivity contribution in [3.63, 3.8) is 0 Å². The number of nitrogens with one attached hydrogen (secondary N) is 1. The van der Waals surface area contributed by atoms with Crippen LogP contribution in [0, 0.1) is 10.1 Å². The molecule has 7 heteroatoms. The van der Waals surface area contributed by atoms with Crippen LogP contribution in [-0.4, -0.2) is 17.4 Å². The quantitative estimate of drug-likeness (QED) is 0.622. The van der Waals surface area contributed by atoms with E-state index in [9.17, 15) is 14.9 Å². The Morgan fingerprint density at radius 1 is 1.62 bits per heavy atom. The highest BCUT2D eigenvalue weighted by Crippen LogP contribution is 2.33. The van der Waals surface area contributed by atoms with Crippen LogP contribution in [0.1, 0.15) is 17.3 Å². The molecule has 0 bridgehead atoms. The molecule has 0 unspecified atom stereocenters. The standard InChI is InChI=1S/C9H10ClN3O3/c1-2-12-8-6(10)3-5(9(11)14)4-7(8)13(15)16/h3-4,12H,2H2,1H3,(H2,11,14). The number of carbonyl (C=O) groups excluding carboxylic acids is 1. The lowest BCUT2D eigenvalue weighted by molar-refractivity contribution is -0.384. The van der Waals surface area contributed by atoms with Crippen LogP contribution in [-0.2, 0) is 0 Å². The first kappa shape index (κ1) is 12.3. The SMILES string of the molecule is CCNc1c(Cl)cc(C(N)=O)cc1[N+](=O)[O-]. The maximum Gasteiger partial charge on any atom is 0.294 e. The summed E-state index contributed by atoms with van der Waals surface area (Å²) in [4.78, 5) is 21.1. The van der Waals surface area contributed by atoms with Crippen molar-refractivity contribution in [2.75, 3.05) is 11.9 Å². The minimum Gasteiger partial charge on any atom is -0.379 e. The lowest BCUT2D eigenvalue weighted by atomic mass is 10.1. The van der Waals surface area contributed by atoms with Crippen LogP contribution in [0.2, 0.25) is 5.02 Å². The van der Waals surface area contributed by atoms with E-state index in [0.717, 1.165) is 6.07 Å². The molecule has 1 aromatic carbocycles. The van der Waals surface area contributed by atoms with Crippen LogP contribution in [0.4, 0.5) is 11.4 Å². The summed E-state index contributed by atoms with van der Waals surface area (Å²) in [5.74, 6) is -0.756. The first-order chi connectivity index (χ1) is 7.47. The zero-order valence-electron chi connectivity index (χ0n) is 8.49. The van der Waals surface area contributed by atoms with Gasteiger partial charge in [-0.25, -0.2) is 0 Å². The van der Waals surface area contributed by atoms with E-state index in [4.69, 9.17) is 17.3 Å². The molecule has 0 spiro atoms. The van der Waals surface area contributed by atoms with E-state index in [-0.39, 0.29) is 22.0 Å². The number of carbonyl (C=O) groups is 1. The molecule has 0 fully saturated rings. The van der Waals surface area contributed by atoms with Gasteiger partial charge in [-0.15, -0.1) is 0 Å². The molecule has 16 heavy (non-hydrogen) atoms. The first-order valence-electron chi connectivity index (χ1n) is 4.49. The molecule has 1 rings (SSSR count). The number of halogens is 1. The third kappa shape index (κ3) is 2.40. The number of nitro groups is 1. The average Bonchev–Trinajstić information content (AvgIpc) is 2.20. The van der Waals surface area contributed by atoms with Crippen molar-refractivity contribution in [1.82, 2.24) is 0 Å². The summed E-state index contributed by atoms with van der Waals surface area (Å²) in [6.45, 7) is 2.26. The number of hydrogen-bond donors (Lipinski definition) is 2. The smallest absolute Gasteiger partial charge is 0.294 e. The topological polar surface area (TPSA) is 98.3 Å². The number of nitrogens with two attached hydrogens (primary N) is 1. The van der Waals surface area contributed by atoms with E-state index >= 15 is 0 Å². The van der Waals surface area contributed by atoms with Crippen LogP contribution in [0.15, 0.2) is 12.1 Å². The van der Waals surface area contributed by atoms with Crippen LogP contribution in [0.5, 0.6) is 0 Å². The van der Waals surface area contributed by atoms with Crippen LogP contribution in [0.3, 0.4) is 0 Å². The molecule has 0 radical (unpaired) electrons. The summed E-state index contributed by atoms with van der Waals surface area (Å²) in [5.41, 5.74) is 4.98. The second-order valence-corrected chi connectivity index (χ2v) is 3.41. The van der Waals surface area contributed by atoms with E-state index < -0.39 is 10.8 Å². The predicted octanol–water partition coefficient (Wildman–Crippen LogP) is 1.78. The summed E-state index contributed by atoms with van der Waals surface area (Å²) in [6, 6.07) is 2.40. The van der Waals surface area contributed by atoms with E-state index in [0.29, 0.717) is 6.54 Å². The molecule has 0 saturated carbocycles. The summed E-state index contributed by atoms with van der Waals surface area (Å²) in [7, 11) is 0.